The van der Waals surface area contributed by atoms with Crippen LogP contribution in [0.1, 0.15) is 47.2 Å². The lowest BCUT2D eigenvalue weighted by Crippen LogP contribution is -2.28. The molecule has 0 atom stereocenters. The van der Waals surface area contributed by atoms with Crippen molar-refractivity contribution >= 4 is 38.6 Å². The number of aromatic carboxylic acids is 1. The topological polar surface area (TPSA) is 85.6 Å². The van der Waals surface area contributed by atoms with Gasteiger partial charge in [0, 0.05) is 15.4 Å². The highest BCUT2D eigenvalue weighted by Gasteiger charge is 2.24. The van der Waals surface area contributed by atoms with Gasteiger partial charge in [-0.3, -0.25) is 9.36 Å². The average Bonchev–Trinajstić information content (AvgIpc) is 2.80. The van der Waals surface area contributed by atoms with Crippen LogP contribution in [-0.4, -0.2) is 27.2 Å². The Kier molecular flexibility index (Phi) is 6.63. The lowest BCUT2D eigenvalue weighted by atomic mass is 9.96. The molecule has 0 aliphatic carbocycles. The van der Waals surface area contributed by atoms with E-state index in [0.717, 1.165) is 4.47 Å². The Hall–Kier alpha value is -3.71. The molecule has 4 aromatic rings. The summed E-state index contributed by atoms with van der Waals surface area (Å²) in [7, 11) is 0. The van der Waals surface area contributed by atoms with Crippen LogP contribution in [0.15, 0.2) is 82.1 Å². The molecule has 0 aliphatic heterocycles. The maximum atomic E-state index is 13.5. The Bertz CT molecular complexity index is 1480. The maximum Gasteiger partial charge on any atom is 0.353 e. The normalized spacial score (nSPS) is 11.4. The van der Waals surface area contributed by atoms with E-state index in [1.807, 2.05) is 30.3 Å². The molecule has 0 unspecified atom stereocenters. The Morgan fingerprint density at radius 2 is 1.60 bits per heavy atom. The predicted octanol–water partition coefficient (Wildman–Crippen LogP) is 6.13. The van der Waals surface area contributed by atoms with Gasteiger partial charge in [-0.15, -0.1) is 0 Å². The van der Waals surface area contributed by atoms with Gasteiger partial charge in [0.1, 0.15) is 11.3 Å². The van der Waals surface area contributed by atoms with Crippen molar-refractivity contribution in [1.29, 1.82) is 0 Å². The van der Waals surface area contributed by atoms with E-state index < -0.39 is 23.1 Å². The Balaban J connectivity index is 1.87. The number of benzene rings is 3. The molecular weight excluding hydrogens is 510 g/mol. The summed E-state index contributed by atoms with van der Waals surface area (Å²) in [6.07, 6.45) is 0. The summed E-state index contributed by atoms with van der Waals surface area (Å²) in [4.78, 5) is 38.4. The van der Waals surface area contributed by atoms with E-state index in [-0.39, 0.29) is 12.2 Å². The molecule has 0 aliphatic rings. The fraction of sp³-hybridized carbons (Fsp3) is 0.179. The van der Waals surface area contributed by atoms with Gasteiger partial charge < -0.3 is 9.84 Å². The van der Waals surface area contributed by atoms with E-state index >= 15 is 0 Å². The number of carboxylic acid groups (broad SMARTS) is 1. The number of hydrogen-bond donors (Lipinski definition) is 1. The van der Waals surface area contributed by atoms with Crippen molar-refractivity contribution in [2.45, 2.75) is 32.9 Å². The van der Waals surface area contributed by atoms with E-state index in [1.54, 1.807) is 63.2 Å². The van der Waals surface area contributed by atoms with Gasteiger partial charge in [0.2, 0.25) is 0 Å². The van der Waals surface area contributed by atoms with Crippen LogP contribution in [0, 0.1) is 0 Å². The van der Waals surface area contributed by atoms with Crippen molar-refractivity contribution in [3.63, 3.8) is 0 Å². The molecule has 3 aromatic carbocycles. The van der Waals surface area contributed by atoms with Gasteiger partial charge >= 0.3 is 11.9 Å². The number of halogens is 1. The molecule has 0 fully saturated rings. The minimum absolute atomic E-state index is 0.0287. The number of carboxylic acids is 1. The quantitative estimate of drug-likeness (QED) is 0.311. The molecule has 178 valence electrons. The number of esters is 1. The summed E-state index contributed by atoms with van der Waals surface area (Å²) < 4.78 is 7.42. The van der Waals surface area contributed by atoms with Crippen LogP contribution in [0.5, 0.6) is 0 Å². The van der Waals surface area contributed by atoms with Crippen LogP contribution in [0.4, 0.5) is 0 Å². The fourth-order valence-corrected chi connectivity index (χ4v) is 4.32. The molecule has 1 aromatic heterocycles. The first-order valence-corrected chi connectivity index (χ1v) is 11.8. The van der Waals surface area contributed by atoms with E-state index in [1.165, 1.54) is 4.57 Å². The second kappa shape index (κ2) is 9.50. The zero-order valence-electron chi connectivity index (χ0n) is 19.5. The fourth-order valence-electron chi connectivity index (χ4n) is 3.96. The second-order valence-corrected chi connectivity index (χ2v) is 10.1. The van der Waals surface area contributed by atoms with Crippen molar-refractivity contribution in [1.82, 2.24) is 4.57 Å². The van der Waals surface area contributed by atoms with Gasteiger partial charge in [-0.1, -0.05) is 58.4 Å². The third-order valence-corrected chi connectivity index (χ3v) is 5.92. The summed E-state index contributed by atoms with van der Waals surface area (Å²) in [5.41, 5.74) is 1.11. The second-order valence-electron chi connectivity index (χ2n) is 9.17. The molecule has 0 saturated carbocycles. The Morgan fingerprint density at radius 3 is 2.20 bits per heavy atom. The molecular formula is C28H24BrNO5. The van der Waals surface area contributed by atoms with Crippen LogP contribution in [-0.2, 0) is 11.3 Å². The molecule has 7 heteroatoms. The van der Waals surface area contributed by atoms with Gasteiger partial charge in [0.05, 0.1) is 12.1 Å². The number of carbonyl (C=O) groups excluding carboxylic acids is 1. The number of hydrogen-bond acceptors (Lipinski definition) is 4. The molecule has 1 heterocycles. The minimum Gasteiger partial charge on any atom is -0.477 e. The summed E-state index contributed by atoms with van der Waals surface area (Å²) in [6.45, 7) is 5.41. The Morgan fingerprint density at radius 1 is 0.943 bits per heavy atom. The molecule has 0 spiro atoms. The lowest BCUT2D eigenvalue weighted by molar-refractivity contribution is 0.00693. The molecule has 1 N–H and O–H groups in total. The zero-order chi connectivity index (χ0) is 25.3. The summed E-state index contributed by atoms with van der Waals surface area (Å²) in [5.74, 6) is -1.65. The number of fused-ring (bicyclic) bond motifs is 1. The van der Waals surface area contributed by atoms with E-state index in [4.69, 9.17) is 4.74 Å². The standard InChI is InChI=1S/C28H24BrNO5/c1-28(2,3)35-27(34)19-11-9-17(10-12-19)16-30-24(26(32)33)23(18-7-5-4-6-8-18)22-15-20(29)13-14-21(22)25(30)31/h4-15H,16H2,1-3H3,(H,32,33). The minimum atomic E-state index is -1.20. The number of nitrogens with zero attached hydrogens (tertiary/aromatic N) is 1. The molecule has 35 heavy (non-hydrogen) atoms. The van der Waals surface area contributed by atoms with Crippen molar-refractivity contribution in [3.05, 3.63) is 104 Å². The summed E-state index contributed by atoms with van der Waals surface area (Å²) in [5, 5.41) is 11.2. The molecule has 0 radical (unpaired) electrons. The number of pyridine rings is 1. The first-order chi connectivity index (χ1) is 16.5. The zero-order valence-corrected chi connectivity index (χ0v) is 21.1. The highest BCUT2D eigenvalue weighted by molar-refractivity contribution is 9.10. The first kappa shape index (κ1) is 24.4. The lowest BCUT2D eigenvalue weighted by Gasteiger charge is -2.20. The van der Waals surface area contributed by atoms with Crippen molar-refractivity contribution < 1.29 is 19.4 Å². The van der Waals surface area contributed by atoms with Crippen LogP contribution < -0.4 is 5.56 Å². The van der Waals surface area contributed by atoms with Gasteiger partial charge in [0.15, 0.2) is 0 Å². The number of carbonyl (C=O) groups is 2. The summed E-state index contributed by atoms with van der Waals surface area (Å²) in [6, 6.07) is 21.0. The van der Waals surface area contributed by atoms with Gasteiger partial charge in [-0.05, 0) is 67.6 Å². The van der Waals surface area contributed by atoms with Crippen molar-refractivity contribution in [3.8, 4) is 11.1 Å². The third kappa shape index (κ3) is 5.20. The molecule has 0 amide bonds. The largest absolute Gasteiger partial charge is 0.477 e. The van der Waals surface area contributed by atoms with Crippen LogP contribution in [0.25, 0.3) is 21.9 Å². The van der Waals surface area contributed by atoms with Gasteiger partial charge in [-0.25, -0.2) is 9.59 Å². The summed E-state index contributed by atoms with van der Waals surface area (Å²) >= 11 is 3.44. The van der Waals surface area contributed by atoms with Gasteiger partial charge in [-0.2, -0.15) is 0 Å². The average molecular weight is 534 g/mol. The molecule has 6 nitrogen and oxygen atoms in total. The van der Waals surface area contributed by atoms with E-state index in [2.05, 4.69) is 15.9 Å². The smallest absolute Gasteiger partial charge is 0.353 e. The first-order valence-electron chi connectivity index (χ1n) is 11.0. The molecule has 0 bridgehead atoms. The monoisotopic (exact) mass is 533 g/mol. The van der Waals surface area contributed by atoms with E-state index in [9.17, 15) is 19.5 Å². The third-order valence-electron chi connectivity index (χ3n) is 5.43. The highest BCUT2D eigenvalue weighted by atomic mass is 79.9. The van der Waals surface area contributed by atoms with Crippen molar-refractivity contribution in [2.75, 3.05) is 0 Å². The van der Waals surface area contributed by atoms with Gasteiger partial charge in [0.25, 0.3) is 5.56 Å². The van der Waals surface area contributed by atoms with Crippen LogP contribution >= 0.6 is 15.9 Å². The number of rotatable bonds is 5. The number of ether oxygens (including phenoxy) is 1. The Labute approximate surface area is 210 Å². The highest BCUT2D eigenvalue weighted by Crippen LogP contribution is 2.32. The van der Waals surface area contributed by atoms with Crippen LogP contribution in [0.2, 0.25) is 0 Å². The molecule has 4 rings (SSSR count). The SMILES string of the molecule is CC(C)(C)OC(=O)c1ccc(Cn2c(C(=O)O)c(-c3ccccc3)c3cc(Br)ccc3c2=O)cc1. The number of aromatic nitrogens is 1. The maximum absolute atomic E-state index is 13.5. The van der Waals surface area contributed by atoms with Crippen molar-refractivity contribution in [2.24, 2.45) is 0 Å². The predicted molar refractivity (Wildman–Crippen MR) is 139 cm³/mol. The molecule has 0 saturated heterocycles. The van der Waals surface area contributed by atoms with Crippen LogP contribution in [0.3, 0.4) is 0 Å². The van der Waals surface area contributed by atoms with E-state index in [0.29, 0.717) is 33.0 Å².